The number of benzene rings is 1. The minimum Gasteiger partial charge on any atom is -0.385 e. The second-order valence-corrected chi connectivity index (χ2v) is 12.0. The Labute approximate surface area is 283 Å². The molecule has 5 heterocycles. The van der Waals surface area contributed by atoms with Gasteiger partial charge in [0.25, 0.3) is 17.7 Å². The van der Waals surface area contributed by atoms with Gasteiger partial charge in [-0.05, 0) is 61.6 Å². The first-order valence-electron chi connectivity index (χ1n) is 16.4. The van der Waals surface area contributed by atoms with Crippen LogP contribution in [0.25, 0.3) is 11.4 Å². The SMILES string of the molecule is CCCN1C(=O)c2[nH]c(-c3ccc(N(CCCN4CCc5ccccc5C4=O)C(=O)c4ccc(F)nc4)nc3)nc2N(CCCOC)C1O. The minimum atomic E-state index is -1.16. The number of nitrogens with zero attached hydrogens (tertiary/aromatic N) is 7. The predicted octanol–water partition coefficient (Wildman–Crippen LogP) is 3.73. The molecule has 14 heteroatoms. The van der Waals surface area contributed by atoms with Crippen molar-refractivity contribution in [3.8, 4) is 11.4 Å². The first kappa shape index (κ1) is 33.7. The molecule has 2 aliphatic rings. The van der Waals surface area contributed by atoms with Gasteiger partial charge in [-0.25, -0.2) is 15.0 Å². The molecule has 4 aromatic rings. The third-order valence-corrected chi connectivity index (χ3v) is 8.71. The number of halogens is 1. The highest BCUT2D eigenvalue weighted by Gasteiger charge is 2.39. The van der Waals surface area contributed by atoms with Gasteiger partial charge in [-0.2, -0.15) is 4.39 Å². The van der Waals surface area contributed by atoms with E-state index in [0.29, 0.717) is 80.6 Å². The Bertz CT molecular complexity index is 1800. The second kappa shape index (κ2) is 14.9. The topological polar surface area (TPSA) is 148 Å². The zero-order chi connectivity index (χ0) is 34.5. The van der Waals surface area contributed by atoms with Gasteiger partial charge < -0.3 is 24.6 Å². The lowest BCUT2D eigenvalue weighted by Crippen LogP contribution is -2.56. The van der Waals surface area contributed by atoms with Crippen LogP contribution in [-0.2, 0) is 11.2 Å². The lowest BCUT2D eigenvalue weighted by molar-refractivity contribution is 0.000188. The molecule has 1 aromatic carbocycles. The van der Waals surface area contributed by atoms with Gasteiger partial charge in [0, 0.05) is 70.0 Å². The normalized spacial score (nSPS) is 15.8. The van der Waals surface area contributed by atoms with E-state index < -0.39 is 18.2 Å². The number of aliphatic hydroxyl groups excluding tert-OH is 1. The highest BCUT2D eigenvalue weighted by Crippen LogP contribution is 2.32. The summed E-state index contributed by atoms with van der Waals surface area (Å²) in [5.74, 6) is -0.440. The molecule has 2 N–H and O–H groups in total. The molecule has 1 unspecified atom stereocenters. The lowest BCUT2D eigenvalue weighted by Gasteiger charge is -2.40. The Hall–Kier alpha value is -5.21. The molecule has 1 atom stereocenters. The van der Waals surface area contributed by atoms with E-state index in [4.69, 9.17) is 4.74 Å². The number of aliphatic hydroxyl groups is 1. The molecule has 49 heavy (non-hydrogen) atoms. The van der Waals surface area contributed by atoms with Crippen molar-refractivity contribution in [2.24, 2.45) is 0 Å². The molecule has 3 aromatic heterocycles. The average Bonchev–Trinajstić information content (AvgIpc) is 3.57. The summed E-state index contributed by atoms with van der Waals surface area (Å²) in [6.45, 7) is 4.46. The summed E-state index contributed by atoms with van der Waals surface area (Å²) in [6, 6.07) is 13.5. The van der Waals surface area contributed by atoms with E-state index in [9.17, 15) is 23.9 Å². The Morgan fingerprint density at radius 1 is 1.02 bits per heavy atom. The van der Waals surface area contributed by atoms with Crippen molar-refractivity contribution in [3.63, 3.8) is 0 Å². The molecule has 0 spiro atoms. The summed E-state index contributed by atoms with van der Waals surface area (Å²) in [6.07, 6.45) is 4.09. The Morgan fingerprint density at radius 3 is 2.59 bits per heavy atom. The number of methoxy groups -OCH3 is 1. The maximum absolute atomic E-state index is 13.7. The van der Waals surface area contributed by atoms with E-state index in [2.05, 4.69) is 19.9 Å². The summed E-state index contributed by atoms with van der Waals surface area (Å²) in [4.78, 5) is 62.5. The minimum absolute atomic E-state index is 0.0350. The van der Waals surface area contributed by atoms with Crippen LogP contribution in [-0.4, -0.2) is 105 Å². The predicted molar refractivity (Wildman–Crippen MR) is 180 cm³/mol. The smallest absolute Gasteiger partial charge is 0.277 e. The van der Waals surface area contributed by atoms with Crippen LogP contribution in [0.3, 0.4) is 0 Å². The van der Waals surface area contributed by atoms with E-state index in [1.807, 2.05) is 31.2 Å². The maximum Gasteiger partial charge on any atom is 0.277 e. The number of carbonyl (C=O) groups excluding carboxylic acids is 3. The van der Waals surface area contributed by atoms with Crippen LogP contribution in [0.2, 0.25) is 0 Å². The van der Waals surface area contributed by atoms with Crippen LogP contribution < -0.4 is 9.80 Å². The number of pyridine rings is 2. The summed E-state index contributed by atoms with van der Waals surface area (Å²) in [5.41, 5.74) is 2.75. The number of ether oxygens (including phenoxy) is 1. The number of hydrogen-bond donors (Lipinski definition) is 2. The fourth-order valence-electron chi connectivity index (χ4n) is 6.21. The van der Waals surface area contributed by atoms with Gasteiger partial charge in [0.05, 0.1) is 5.56 Å². The fraction of sp³-hybridized carbons (Fsp3) is 0.371. The van der Waals surface area contributed by atoms with E-state index >= 15 is 0 Å². The number of aromatic amines is 1. The zero-order valence-electron chi connectivity index (χ0n) is 27.5. The number of amides is 3. The number of fused-ring (bicyclic) bond motifs is 2. The molecular formula is C35H39FN8O5. The monoisotopic (exact) mass is 670 g/mol. The molecule has 13 nitrogen and oxygen atoms in total. The number of imidazole rings is 1. The number of rotatable bonds is 13. The van der Waals surface area contributed by atoms with Crippen LogP contribution in [0.5, 0.6) is 0 Å². The molecule has 0 saturated heterocycles. The van der Waals surface area contributed by atoms with Gasteiger partial charge >= 0.3 is 0 Å². The van der Waals surface area contributed by atoms with Crippen molar-refractivity contribution in [1.29, 1.82) is 0 Å². The third-order valence-electron chi connectivity index (χ3n) is 8.71. The first-order valence-corrected chi connectivity index (χ1v) is 16.4. The summed E-state index contributed by atoms with van der Waals surface area (Å²) < 4.78 is 18.8. The van der Waals surface area contributed by atoms with Crippen LogP contribution in [0, 0.1) is 5.95 Å². The molecule has 0 fully saturated rings. The molecule has 2 aliphatic heterocycles. The van der Waals surface area contributed by atoms with E-state index in [-0.39, 0.29) is 29.6 Å². The quantitative estimate of drug-likeness (QED) is 0.160. The third kappa shape index (κ3) is 7.01. The largest absolute Gasteiger partial charge is 0.385 e. The standard InChI is InChI=1S/C35H39FN8O5/c1-3-15-44-34(47)29-31(43(35(44)48)18-7-20-49-2)40-30(39-29)24-11-13-28(38-21-24)42(32(45)25-10-12-27(36)37-22-25)17-6-16-41-19-14-23-8-4-5-9-26(23)33(41)46/h4-5,8-13,21-22,35,48H,3,6-7,14-20H2,1-2H3,(H,39,40). The molecular weight excluding hydrogens is 631 g/mol. The van der Waals surface area contributed by atoms with Gasteiger partial charge in [0.1, 0.15) is 17.3 Å². The van der Waals surface area contributed by atoms with E-state index in [0.717, 1.165) is 18.1 Å². The van der Waals surface area contributed by atoms with Gasteiger partial charge in [-0.1, -0.05) is 25.1 Å². The van der Waals surface area contributed by atoms with Crippen molar-refractivity contribution in [3.05, 3.63) is 89.3 Å². The number of nitrogens with one attached hydrogen (secondary N) is 1. The number of aromatic nitrogens is 4. The fourth-order valence-corrected chi connectivity index (χ4v) is 6.21. The van der Waals surface area contributed by atoms with Crippen molar-refractivity contribution in [2.45, 2.75) is 39.0 Å². The Balaban J connectivity index is 1.23. The zero-order valence-corrected chi connectivity index (χ0v) is 27.5. The van der Waals surface area contributed by atoms with Gasteiger partial charge in [-0.15, -0.1) is 0 Å². The second-order valence-electron chi connectivity index (χ2n) is 12.0. The van der Waals surface area contributed by atoms with E-state index in [1.165, 1.54) is 22.1 Å². The Morgan fingerprint density at radius 2 is 1.86 bits per heavy atom. The molecule has 0 bridgehead atoms. The van der Waals surface area contributed by atoms with Crippen molar-refractivity contribution < 1.29 is 28.6 Å². The summed E-state index contributed by atoms with van der Waals surface area (Å²) in [7, 11) is 1.61. The van der Waals surface area contributed by atoms with Crippen LogP contribution in [0.15, 0.2) is 60.9 Å². The van der Waals surface area contributed by atoms with Crippen molar-refractivity contribution in [1.82, 2.24) is 29.7 Å². The van der Waals surface area contributed by atoms with Crippen molar-refractivity contribution in [2.75, 3.05) is 56.2 Å². The maximum atomic E-state index is 13.7. The highest BCUT2D eigenvalue weighted by atomic mass is 19.1. The molecule has 0 aliphatic carbocycles. The van der Waals surface area contributed by atoms with Gasteiger partial charge in [0.2, 0.25) is 12.3 Å². The molecule has 6 rings (SSSR count). The lowest BCUT2D eigenvalue weighted by atomic mass is 9.99. The molecule has 3 amide bonds. The van der Waals surface area contributed by atoms with E-state index in [1.54, 1.807) is 35.2 Å². The van der Waals surface area contributed by atoms with Crippen LogP contribution in [0.1, 0.15) is 63.0 Å². The number of anilines is 2. The van der Waals surface area contributed by atoms with Crippen LogP contribution >= 0.6 is 0 Å². The van der Waals surface area contributed by atoms with Crippen LogP contribution in [0.4, 0.5) is 16.0 Å². The first-order chi connectivity index (χ1) is 23.8. The summed E-state index contributed by atoms with van der Waals surface area (Å²) >= 11 is 0. The number of hydrogen-bond acceptors (Lipinski definition) is 9. The van der Waals surface area contributed by atoms with Gasteiger partial charge in [-0.3, -0.25) is 24.2 Å². The molecule has 256 valence electrons. The average molecular weight is 671 g/mol. The number of carbonyl (C=O) groups is 3. The number of H-pyrrole nitrogens is 1. The molecule has 0 radical (unpaired) electrons. The highest BCUT2D eigenvalue weighted by molar-refractivity contribution is 6.05. The van der Waals surface area contributed by atoms with Crippen molar-refractivity contribution >= 4 is 29.4 Å². The molecule has 0 saturated carbocycles. The van der Waals surface area contributed by atoms with Gasteiger partial charge in [0.15, 0.2) is 5.82 Å². The Kier molecular flexibility index (Phi) is 10.3. The summed E-state index contributed by atoms with van der Waals surface area (Å²) in [5, 5.41) is 11.1.